The molecular formula is C21H33ClFN3O2. The summed E-state index contributed by atoms with van der Waals surface area (Å²) < 4.78 is 24.1. The van der Waals surface area contributed by atoms with Gasteiger partial charge in [0.2, 0.25) is 0 Å². The first kappa shape index (κ1) is 22.9. The van der Waals surface area contributed by atoms with E-state index in [0.717, 1.165) is 44.2 Å². The van der Waals surface area contributed by atoms with Crippen molar-refractivity contribution in [2.45, 2.75) is 32.6 Å². The maximum atomic E-state index is 13.4. The standard InChI is InChI=1S/C21H33ClFN3O2/c1-5-24-20(26-9-8-16(13-26)14-28-11-10-27-4)25-15-21(2,3)18-7-6-17(23)12-19(18)22/h6-7,12,16H,5,8-11,13-15H2,1-4H3,(H,24,25). The van der Waals surface area contributed by atoms with Gasteiger partial charge in [0.05, 0.1) is 26.4 Å². The van der Waals surface area contributed by atoms with Crippen molar-refractivity contribution in [2.75, 3.05) is 53.1 Å². The number of ether oxygens (including phenoxy) is 2. The Labute approximate surface area is 173 Å². The van der Waals surface area contributed by atoms with E-state index < -0.39 is 0 Å². The number of nitrogens with one attached hydrogen (secondary N) is 1. The Balaban J connectivity index is 2.00. The van der Waals surface area contributed by atoms with Gasteiger partial charge in [-0.25, -0.2) is 4.39 Å². The van der Waals surface area contributed by atoms with Crippen molar-refractivity contribution in [3.8, 4) is 0 Å². The monoisotopic (exact) mass is 413 g/mol. The Morgan fingerprint density at radius 2 is 2.18 bits per heavy atom. The fraction of sp³-hybridized carbons (Fsp3) is 0.667. The molecule has 28 heavy (non-hydrogen) atoms. The van der Waals surface area contributed by atoms with Gasteiger partial charge in [0.25, 0.3) is 0 Å². The molecule has 1 aromatic rings. The lowest BCUT2D eigenvalue weighted by Crippen LogP contribution is -2.41. The van der Waals surface area contributed by atoms with Gasteiger partial charge in [0.15, 0.2) is 5.96 Å². The topological polar surface area (TPSA) is 46.1 Å². The van der Waals surface area contributed by atoms with E-state index in [1.54, 1.807) is 13.2 Å². The minimum absolute atomic E-state index is 0.298. The number of halogens is 2. The molecule has 1 saturated heterocycles. The minimum Gasteiger partial charge on any atom is -0.382 e. The van der Waals surface area contributed by atoms with Crippen LogP contribution >= 0.6 is 11.6 Å². The third-order valence-corrected chi connectivity index (χ3v) is 5.30. The highest BCUT2D eigenvalue weighted by Gasteiger charge is 2.27. The van der Waals surface area contributed by atoms with Crippen LogP contribution in [0.5, 0.6) is 0 Å². The maximum absolute atomic E-state index is 13.4. The van der Waals surface area contributed by atoms with Crippen molar-refractivity contribution < 1.29 is 13.9 Å². The number of hydrogen-bond donors (Lipinski definition) is 1. The fourth-order valence-corrected chi connectivity index (χ4v) is 3.80. The summed E-state index contributed by atoms with van der Waals surface area (Å²) in [5, 5.41) is 3.84. The fourth-order valence-electron chi connectivity index (χ4n) is 3.38. The van der Waals surface area contributed by atoms with E-state index in [1.165, 1.54) is 12.1 Å². The second-order valence-electron chi connectivity index (χ2n) is 7.85. The average Bonchev–Trinajstić information content (AvgIpc) is 3.10. The van der Waals surface area contributed by atoms with Gasteiger partial charge in [-0.2, -0.15) is 0 Å². The van der Waals surface area contributed by atoms with E-state index >= 15 is 0 Å². The zero-order valence-corrected chi connectivity index (χ0v) is 18.2. The van der Waals surface area contributed by atoms with E-state index in [1.807, 2.05) is 0 Å². The normalized spacial score (nSPS) is 18.0. The molecule has 1 fully saturated rings. The number of rotatable bonds is 9. The molecule has 1 atom stereocenters. The van der Waals surface area contributed by atoms with Crippen molar-refractivity contribution >= 4 is 17.6 Å². The number of nitrogens with zero attached hydrogens (tertiary/aromatic N) is 2. The SMILES string of the molecule is CCNC(=NCC(C)(C)c1ccc(F)cc1Cl)N1CCC(COCCOC)C1. The molecule has 0 amide bonds. The number of aliphatic imine (C=N–C) groups is 1. The van der Waals surface area contributed by atoms with Crippen molar-refractivity contribution in [3.63, 3.8) is 0 Å². The van der Waals surface area contributed by atoms with Crippen LogP contribution < -0.4 is 5.32 Å². The summed E-state index contributed by atoms with van der Waals surface area (Å²) in [4.78, 5) is 7.16. The first-order valence-electron chi connectivity index (χ1n) is 9.93. The van der Waals surface area contributed by atoms with Gasteiger partial charge < -0.3 is 19.7 Å². The van der Waals surface area contributed by atoms with E-state index in [2.05, 4.69) is 31.0 Å². The summed E-state index contributed by atoms with van der Waals surface area (Å²) in [6.45, 7) is 11.5. The van der Waals surface area contributed by atoms with Crippen LogP contribution in [0.4, 0.5) is 4.39 Å². The summed E-state index contributed by atoms with van der Waals surface area (Å²) in [5.74, 6) is 1.09. The molecule has 0 spiro atoms. The lowest BCUT2D eigenvalue weighted by molar-refractivity contribution is 0.0536. The summed E-state index contributed by atoms with van der Waals surface area (Å²) in [5.41, 5.74) is 0.606. The maximum Gasteiger partial charge on any atom is 0.193 e. The van der Waals surface area contributed by atoms with Gasteiger partial charge in [-0.05, 0) is 31.0 Å². The zero-order valence-electron chi connectivity index (χ0n) is 17.4. The number of hydrogen-bond acceptors (Lipinski definition) is 3. The number of likely N-dealkylation sites (tertiary alicyclic amines) is 1. The quantitative estimate of drug-likeness (QED) is 0.381. The predicted octanol–water partition coefficient (Wildman–Crippen LogP) is 3.71. The summed E-state index contributed by atoms with van der Waals surface area (Å²) >= 11 is 6.27. The van der Waals surface area contributed by atoms with Crippen LogP contribution in [0, 0.1) is 11.7 Å². The third-order valence-electron chi connectivity index (χ3n) is 4.99. The number of benzene rings is 1. The lowest BCUT2D eigenvalue weighted by Gasteiger charge is -2.27. The largest absolute Gasteiger partial charge is 0.382 e. The smallest absolute Gasteiger partial charge is 0.193 e. The Bertz CT molecular complexity index is 655. The summed E-state index contributed by atoms with van der Waals surface area (Å²) in [7, 11) is 1.68. The molecule has 1 aliphatic heterocycles. The molecule has 1 aromatic carbocycles. The molecule has 0 aliphatic carbocycles. The Hall–Kier alpha value is -1.37. The first-order chi connectivity index (χ1) is 13.4. The van der Waals surface area contributed by atoms with Crippen LogP contribution in [-0.4, -0.2) is 64.0 Å². The van der Waals surface area contributed by atoms with Crippen LogP contribution in [-0.2, 0) is 14.9 Å². The molecule has 1 unspecified atom stereocenters. The van der Waals surface area contributed by atoms with Crippen LogP contribution in [0.15, 0.2) is 23.2 Å². The van der Waals surface area contributed by atoms with Crippen molar-refractivity contribution in [1.29, 1.82) is 0 Å². The first-order valence-corrected chi connectivity index (χ1v) is 10.3. The molecule has 0 aromatic heterocycles. The Morgan fingerprint density at radius 3 is 2.86 bits per heavy atom. The molecule has 158 valence electrons. The van der Waals surface area contributed by atoms with Crippen LogP contribution in [0.2, 0.25) is 5.02 Å². The molecule has 7 heteroatoms. The lowest BCUT2D eigenvalue weighted by atomic mass is 9.84. The molecule has 1 N–H and O–H groups in total. The minimum atomic E-state index is -0.322. The van der Waals surface area contributed by atoms with Crippen molar-refractivity contribution in [1.82, 2.24) is 10.2 Å². The van der Waals surface area contributed by atoms with Gasteiger partial charge in [-0.3, -0.25) is 4.99 Å². The number of methoxy groups -OCH3 is 1. The third kappa shape index (κ3) is 6.61. The Kier molecular flexibility index (Phi) is 8.99. The molecule has 1 aliphatic rings. The molecule has 0 saturated carbocycles. The van der Waals surface area contributed by atoms with Gasteiger partial charge >= 0.3 is 0 Å². The van der Waals surface area contributed by atoms with E-state index in [4.69, 9.17) is 26.1 Å². The highest BCUT2D eigenvalue weighted by atomic mass is 35.5. The predicted molar refractivity (Wildman–Crippen MR) is 113 cm³/mol. The van der Waals surface area contributed by atoms with E-state index in [0.29, 0.717) is 30.7 Å². The molecule has 0 bridgehead atoms. The molecule has 0 radical (unpaired) electrons. The van der Waals surface area contributed by atoms with Gasteiger partial charge in [-0.1, -0.05) is 31.5 Å². The van der Waals surface area contributed by atoms with Crippen LogP contribution in [0.25, 0.3) is 0 Å². The highest BCUT2D eigenvalue weighted by molar-refractivity contribution is 6.31. The molecule has 5 nitrogen and oxygen atoms in total. The second kappa shape index (κ2) is 11.0. The number of guanidine groups is 1. The average molecular weight is 414 g/mol. The van der Waals surface area contributed by atoms with Crippen LogP contribution in [0.1, 0.15) is 32.8 Å². The van der Waals surface area contributed by atoms with Gasteiger partial charge in [-0.15, -0.1) is 0 Å². The second-order valence-corrected chi connectivity index (χ2v) is 8.25. The zero-order chi connectivity index (χ0) is 20.6. The summed E-state index contributed by atoms with van der Waals surface area (Å²) in [6.07, 6.45) is 1.09. The molecule has 2 rings (SSSR count). The summed E-state index contributed by atoms with van der Waals surface area (Å²) in [6, 6.07) is 4.57. The van der Waals surface area contributed by atoms with Gasteiger partial charge in [0.1, 0.15) is 5.82 Å². The van der Waals surface area contributed by atoms with Crippen molar-refractivity contribution in [2.24, 2.45) is 10.9 Å². The highest BCUT2D eigenvalue weighted by Crippen LogP contribution is 2.31. The van der Waals surface area contributed by atoms with E-state index in [9.17, 15) is 4.39 Å². The molecule has 1 heterocycles. The Morgan fingerprint density at radius 1 is 1.39 bits per heavy atom. The molecular weight excluding hydrogens is 381 g/mol. The van der Waals surface area contributed by atoms with Gasteiger partial charge in [0, 0.05) is 43.1 Å². The van der Waals surface area contributed by atoms with Crippen molar-refractivity contribution in [3.05, 3.63) is 34.6 Å². The van der Waals surface area contributed by atoms with E-state index in [-0.39, 0.29) is 11.2 Å². The van der Waals surface area contributed by atoms with Crippen LogP contribution in [0.3, 0.4) is 0 Å².